The van der Waals surface area contributed by atoms with E-state index >= 15 is 0 Å². The number of nitrogens with zero attached hydrogens (tertiary/aromatic N) is 3. The molecule has 5 rings (SSSR count). The number of thiazole rings is 1. The number of hydrogen-bond acceptors (Lipinski definition) is 6. The van der Waals surface area contributed by atoms with Gasteiger partial charge in [-0.2, -0.15) is 0 Å². The summed E-state index contributed by atoms with van der Waals surface area (Å²) < 4.78 is 6.18. The molecule has 0 aromatic carbocycles. The maximum Gasteiger partial charge on any atom is 0.230 e. The predicted molar refractivity (Wildman–Crippen MR) is 111 cm³/mol. The van der Waals surface area contributed by atoms with Gasteiger partial charge in [-0.25, -0.2) is 4.98 Å². The minimum absolute atomic E-state index is 0.0423. The lowest BCUT2D eigenvalue weighted by atomic mass is 9.76. The maximum atomic E-state index is 13.4. The zero-order valence-corrected chi connectivity index (χ0v) is 18.4. The monoisotopic (exact) mass is 429 g/mol. The van der Waals surface area contributed by atoms with Crippen LogP contribution in [0.15, 0.2) is 12.2 Å². The maximum absolute atomic E-state index is 13.4. The van der Waals surface area contributed by atoms with Crippen LogP contribution in [0.25, 0.3) is 0 Å². The Hall–Kier alpha value is -2.06. The third-order valence-corrected chi connectivity index (χ3v) is 8.56. The lowest BCUT2D eigenvalue weighted by molar-refractivity contribution is -0.144. The fourth-order valence-corrected chi connectivity index (χ4v) is 6.74. The van der Waals surface area contributed by atoms with Crippen LogP contribution in [0.1, 0.15) is 53.0 Å². The predicted octanol–water partition coefficient (Wildman–Crippen LogP) is 2.16. The second-order valence-electron chi connectivity index (χ2n) is 8.87. The standard InChI is InChI=1S/C22H27N3O4S/c1-4-24-11-22-8-5-15(29-22)16(17(22)21(24)28)20(27)25-9-6-14(7-10-25)19-23-12(2)18(30-19)13(3)26/h5,8,14-17H,4,6-7,9-11H2,1-3H3/t15-,16-,17+,22-/m0/s1. The quantitative estimate of drug-likeness (QED) is 0.541. The number of amides is 2. The van der Waals surface area contributed by atoms with Crippen LogP contribution in [-0.2, 0) is 14.3 Å². The summed E-state index contributed by atoms with van der Waals surface area (Å²) in [6.45, 7) is 7.91. The Bertz CT molecular complexity index is 948. The number of rotatable bonds is 4. The molecule has 0 N–H and O–H groups in total. The van der Waals surface area contributed by atoms with Crippen molar-refractivity contribution in [1.29, 1.82) is 0 Å². The SMILES string of the molecule is CCN1C[C@]23C=C[C@H](O2)[C@H](C(=O)N2CCC(c4nc(C)c(C(C)=O)s4)CC2)[C@@H]3C1=O. The van der Waals surface area contributed by atoms with Gasteiger partial charge in [0.2, 0.25) is 11.8 Å². The highest BCUT2D eigenvalue weighted by Gasteiger charge is 2.67. The first kappa shape index (κ1) is 19.9. The summed E-state index contributed by atoms with van der Waals surface area (Å²) in [6.07, 6.45) is 5.34. The van der Waals surface area contributed by atoms with Crippen LogP contribution < -0.4 is 0 Å². The third kappa shape index (κ3) is 2.80. The molecule has 0 unspecified atom stereocenters. The Morgan fingerprint density at radius 2 is 2.07 bits per heavy atom. The van der Waals surface area contributed by atoms with Crippen LogP contribution in [-0.4, -0.2) is 70.3 Å². The van der Waals surface area contributed by atoms with Crippen molar-refractivity contribution in [3.05, 3.63) is 27.7 Å². The van der Waals surface area contributed by atoms with Crippen LogP contribution in [0.2, 0.25) is 0 Å². The smallest absolute Gasteiger partial charge is 0.230 e. The summed E-state index contributed by atoms with van der Waals surface area (Å²) in [5, 5.41) is 1.000. The van der Waals surface area contributed by atoms with E-state index in [2.05, 4.69) is 4.98 Å². The number of fused-ring (bicyclic) bond motifs is 1. The van der Waals surface area contributed by atoms with Crippen molar-refractivity contribution in [3.8, 4) is 0 Å². The van der Waals surface area contributed by atoms with Crippen molar-refractivity contribution < 1.29 is 19.1 Å². The van der Waals surface area contributed by atoms with E-state index in [0.29, 0.717) is 26.2 Å². The van der Waals surface area contributed by atoms with Gasteiger partial charge in [0.15, 0.2) is 5.78 Å². The van der Waals surface area contributed by atoms with Crippen LogP contribution in [0, 0.1) is 18.8 Å². The largest absolute Gasteiger partial charge is 0.360 e. The zero-order valence-electron chi connectivity index (χ0n) is 17.6. The molecule has 160 valence electrons. The van der Waals surface area contributed by atoms with Crippen molar-refractivity contribution in [2.75, 3.05) is 26.2 Å². The number of ether oxygens (including phenoxy) is 1. The molecular weight excluding hydrogens is 402 g/mol. The molecule has 0 aliphatic carbocycles. The second-order valence-corrected chi connectivity index (χ2v) is 9.91. The van der Waals surface area contributed by atoms with Crippen molar-refractivity contribution in [1.82, 2.24) is 14.8 Å². The van der Waals surface area contributed by atoms with E-state index in [0.717, 1.165) is 28.4 Å². The van der Waals surface area contributed by atoms with Gasteiger partial charge >= 0.3 is 0 Å². The topological polar surface area (TPSA) is 79.8 Å². The first-order valence-electron chi connectivity index (χ1n) is 10.8. The van der Waals surface area contributed by atoms with E-state index in [4.69, 9.17) is 4.74 Å². The highest BCUT2D eigenvalue weighted by molar-refractivity contribution is 7.13. The molecule has 30 heavy (non-hydrogen) atoms. The van der Waals surface area contributed by atoms with E-state index in [9.17, 15) is 14.4 Å². The van der Waals surface area contributed by atoms with Crippen molar-refractivity contribution >= 4 is 28.9 Å². The van der Waals surface area contributed by atoms with E-state index in [1.54, 1.807) is 11.8 Å². The lowest BCUT2D eigenvalue weighted by Gasteiger charge is -2.35. The number of aryl methyl sites for hydroxylation is 1. The molecule has 1 aromatic heterocycles. The van der Waals surface area contributed by atoms with Gasteiger partial charge in [-0.05, 0) is 26.7 Å². The fourth-order valence-electron chi connectivity index (χ4n) is 5.60. The summed E-state index contributed by atoms with van der Waals surface area (Å²) in [5.74, 6) is -0.380. The molecule has 4 aliphatic rings. The number of Topliss-reactive ketones (excluding diaryl/α,β-unsaturated/α-hetero) is 1. The first-order valence-corrected chi connectivity index (χ1v) is 11.6. The van der Waals surface area contributed by atoms with Gasteiger partial charge in [0.05, 0.1) is 40.1 Å². The number of hydrogen-bond donors (Lipinski definition) is 0. The minimum Gasteiger partial charge on any atom is -0.360 e. The summed E-state index contributed by atoms with van der Waals surface area (Å²) in [4.78, 5) is 47.2. The highest BCUT2D eigenvalue weighted by atomic mass is 32.1. The number of carbonyl (C=O) groups excluding carboxylic acids is 3. The van der Waals surface area contributed by atoms with E-state index in [-0.39, 0.29) is 29.6 Å². The zero-order chi connectivity index (χ0) is 21.2. The lowest BCUT2D eigenvalue weighted by Crippen LogP contribution is -2.48. The summed E-state index contributed by atoms with van der Waals surface area (Å²) >= 11 is 1.49. The van der Waals surface area contributed by atoms with Gasteiger partial charge in [-0.1, -0.05) is 12.2 Å². The Balaban J connectivity index is 1.29. The summed E-state index contributed by atoms with van der Waals surface area (Å²) in [7, 11) is 0. The molecule has 7 nitrogen and oxygen atoms in total. The minimum atomic E-state index is -0.613. The Morgan fingerprint density at radius 3 is 2.70 bits per heavy atom. The number of piperidine rings is 1. The molecule has 4 aliphatic heterocycles. The van der Waals surface area contributed by atoms with E-state index in [1.807, 2.05) is 30.9 Å². The molecule has 2 amide bonds. The molecule has 3 saturated heterocycles. The fraction of sp³-hybridized carbons (Fsp3) is 0.636. The number of carbonyl (C=O) groups is 3. The normalized spacial score (nSPS) is 32.9. The van der Waals surface area contributed by atoms with Crippen molar-refractivity contribution in [3.63, 3.8) is 0 Å². The number of aromatic nitrogens is 1. The molecule has 5 heterocycles. The molecular formula is C22H27N3O4S. The highest BCUT2D eigenvalue weighted by Crippen LogP contribution is 2.52. The van der Waals surface area contributed by atoms with Crippen molar-refractivity contribution in [2.24, 2.45) is 11.8 Å². The third-order valence-electron chi connectivity index (χ3n) is 7.13. The Kier molecular flexibility index (Phi) is 4.63. The summed E-state index contributed by atoms with van der Waals surface area (Å²) in [6, 6.07) is 0. The number of ketones is 1. The van der Waals surface area contributed by atoms with Crippen LogP contribution >= 0.6 is 11.3 Å². The average Bonchev–Trinajstić information content (AvgIpc) is 3.47. The van der Waals surface area contributed by atoms with Crippen molar-refractivity contribution in [2.45, 2.75) is 51.2 Å². The van der Waals surface area contributed by atoms with E-state index < -0.39 is 17.4 Å². The molecule has 3 fully saturated rings. The van der Waals surface area contributed by atoms with Crippen LogP contribution in [0.3, 0.4) is 0 Å². The first-order chi connectivity index (χ1) is 14.3. The van der Waals surface area contributed by atoms with Crippen LogP contribution in [0.4, 0.5) is 0 Å². The second kappa shape index (κ2) is 6.99. The van der Waals surface area contributed by atoms with Gasteiger partial charge in [-0.15, -0.1) is 11.3 Å². The number of likely N-dealkylation sites (N-methyl/N-ethyl adjacent to an activating group) is 1. The molecule has 1 aromatic rings. The van der Waals surface area contributed by atoms with Crippen LogP contribution in [0.5, 0.6) is 0 Å². The molecule has 0 radical (unpaired) electrons. The van der Waals surface area contributed by atoms with Gasteiger partial charge in [-0.3, -0.25) is 14.4 Å². The van der Waals surface area contributed by atoms with Gasteiger partial charge in [0, 0.05) is 32.5 Å². The molecule has 8 heteroatoms. The molecule has 0 saturated carbocycles. The van der Waals surface area contributed by atoms with Gasteiger partial charge < -0.3 is 14.5 Å². The van der Waals surface area contributed by atoms with Gasteiger partial charge in [0.1, 0.15) is 5.60 Å². The number of likely N-dealkylation sites (tertiary alicyclic amines) is 2. The molecule has 1 spiro atoms. The summed E-state index contributed by atoms with van der Waals surface area (Å²) in [5.41, 5.74) is 0.190. The van der Waals surface area contributed by atoms with E-state index in [1.165, 1.54) is 11.3 Å². The van der Waals surface area contributed by atoms with Gasteiger partial charge in [0.25, 0.3) is 0 Å². The Labute approximate surface area is 180 Å². The average molecular weight is 430 g/mol. The molecule has 4 atom stereocenters. The Morgan fingerprint density at radius 1 is 1.33 bits per heavy atom. The molecule has 2 bridgehead atoms.